The molecule has 0 fully saturated rings. The number of hydrogen-bond donors (Lipinski definition) is 0. The van der Waals surface area contributed by atoms with Crippen molar-refractivity contribution in [2.24, 2.45) is 0 Å². The Morgan fingerprint density at radius 2 is 1.09 bits per heavy atom. The molecule has 53 heavy (non-hydrogen) atoms. The van der Waals surface area contributed by atoms with E-state index in [1.807, 2.05) is 57.2 Å². The Labute approximate surface area is 351 Å². The van der Waals surface area contributed by atoms with E-state index in [9.17, 15) is 19.2 Å². The van der Waals surface area contributed by atoms with Gasteiger partial charge in [0.2, 0.25) is 0 Å². The summed E-state index contributed by atoms with van der Waals surface area (Å²) in [5.41, 5.74) is 1.03. The van der Waals surface area contributed by atoms with Gasteiger partial charge < -0.3 is 18.9 Å². The largest absolute Gasteiger partial charge is 0.464 e. The van der Waals surface area contributed by atoms with Crippen molar-refractivity contribution in [1.82, 2.24) is 9.97 Å². The molecule has 0 bridgehead atoms. The van der Waals surface area contributed by atoms with Gasteiger partial charge in [-0.25, -0.2) is 19.6 Å². The van der Waals surface area contributed by atoms with Crippen LogP contribution in [0.1, 0.15) is 72.3 Å². The summed E-state index contributed by atoms with van der Waals surface area (Å²) in [4.78, 5) is 58.4. The zero-order valence-electron chi connectivity index (χ0n) is 31.6. The van der Waals surface area contributed by atoms with E-state index in [-0.39, 0.29) is 24.2 Å². The van der Waals surface area contributed by atoms with Gasteiger partial charge in [-0.3, -0.25) is 9.59 Å². The molecule has 0 radical (unpaired) electrons. The zero-order valence-corrected chi connectivity index (χ0v) is 39.3. The predicted octanol–water partition coefficient (Wildman–Crippen LogP) is 9.69. The number of carbonyl (C=O) groups is 4. The lowest BCUT2D eigenvalue weighted by Crippen LogP contribution is -2.37. The second-order valence-electron chi connectivity index (χ2n) is 14.4. The van der Waals surface area contributed by atoms with Crippen LogP contribution in [0.15, 0.2) is 48.5 Å². The third-order valence-electron chi connectivity index (χ3n) is 6.65. The summed E-state index contributed by atoms with van der Waals surface area (Å²) < 4.78 is 21.4. The highest BCUT2D eigenvalue weighted by Crippen LogP contribution is 2.31. The predicted molar refractivity (Wildman–Crippen MR) is 232 cm³/mol. The number of rotatable bonds is 9. The van der Waals surface area contributed by atoms with E-state index in [0.717, 1.165) is 14.7 Å². The molecule has 0 aliphatic heterocycles. The van der Waals surface area contributed by atoms with Crippen molar-refractivity contribution in [1.29, 1.82) is 0 Å². The van der Waals surface area contributed by atoms with Crippen molar-refractivity contribution in [2.45, 2.75) is 85.2 Å². The van der Waals surface area contributed by atoms with Crippen molar-refractivity contribution in [3.63, 3.8) is 0 Å². The molecular weight excluding hydrogens is 982 g/mol. The van der Waals surface area contributed by atoms with Crippen molar-refractivity contribution < 1.29 is 38.1 Å². The fourth-order valence-corrected chi connectivity index (χ4v) is 8.25. The first-order chi connectivity index (χ1) is 24.6. The van der Waals surface area contributed by atoms with Crippen LogP contribution < -0.4 is 5.19 Å². The SMILES string of the molecule is COC(=O)c1nc(-c2cccc(I)c2)sc1CC(=O)OC(C)(C)C.COC(=O)c1nc(-c2cccc([Si](C)(C)C)c2)sc1CC(=O)OC(C)(C)C.ClI. The van der Waals surface area contributed by atoms with Crippen molar-refractivity contribution in [3.05, 3.63) is 73.2 Å². The van der Waals surface area contributed by atoms with E-state index >= 15 is 0 Å². The number of esters is 4. The normalized spacial score (nSPS) is 11.3. The Morgan fingerprint density at radius 1 is 0.698 bits per heavy atom. The number of carbonyl (C=O) groups excluding carboxylic acids is 4. The lowest BCUT2D eigenvalue weighted by Gasteiger charge is -2.19. The first-order valence-electron chi connectivity index (χ1n) is 16.2. The van der Waals surface area contributed by atoms with Crippen LogP contribution in [0.3, 0.4) is 0 Å². The molecule has 4 rings (SSSR count). The van der Waals surface area contributed by atoms with Crippen molar-refractivity contribution in [2.75, 3.05) is 14.2 Å². The van der Waals surface area contributed by atoms with Gasteiger partial charge in [-0.1, -0.05) is 61.2 Å². The third kappa shape index (κ3) is 15.3. The van der Waals surface area contributed by atoms with Gasteiger partial charge in [0.15, 0.2) is 11.4 Å². The average molecular weight is 1030 g/mol. The highest BCUT2D eigenvalue weighted by atomic mass is 127. The number of benzene rings is 2. The first-order valence-corrected chi connectivity index (χ1v) is 25.2. The molecule has 0 saturated carbocycles. The minimum absolute atomic E-state index is 0.00686. The van der Waals surface area contributed by atoms with Crippen LogP contribution in [0, 0.1) is 3.57 Å². The van der Waals surface area contributed by atoms with Crippen LogP contribution in [0.4, 0.5) is 0 Å². The Kier molecular flexibility index (Phi) is 18.0. The van der Waals surface area contributed by atoms with Crippen LogP contribution in [0.5, 0.6) is 0 Å². The molecule has 4 aromatic rings. The van der Waals surface area contributed by atoms with Crippen LogP contribution in [0.25, 0.3) is 21.1 Å². The summed E-state index contributed by atoms with van der Waals surface area (Å²) in [6, 6.07) is 16.0. The lowest BCUT2D eigenvalue weighted by atomic mass is 10.2. The van der Waals surface area contributed by atoms with Gasteiger partial charge in [0.05, 0.1) is 44.9 Å². The standard InChI is InChI=1S/C20H27NO4SSi.C17H18INO4S.ClI/c1-20(2,3)25-16(22)12-15-17(19(23)24-4)21-18(26-15)13-9-8-10-14(11-13)27(5,6)7;1-17(2,3)23-13(20)9-12-14(16(21)22-4)19-15(24-12)10-6-5-7-11(18)8-10;1-2/h8-11H,12H2,1-7H3;5-8H,9H2,1-4H3;. The highest BCUT2D eigenvalue weighted by Gasteiger charge is 2.26. The van der Waals surface area contributed by atoms with E-state index in [2.05, 4.69) is 73.2 Å². The molecular formula is C37H45ClI2N2O8S2Si. The van der Waals surface area contributed by atoms with E-state index in [4.69, 9.17) is 18.9 Å². The molecule has 0 aliphatic rings. The molecule has 0 atom stereocenters. The summed E-state index contributed by atoms with van der Waals surface area (Å²) in [6.07, 6.45) is -0.0175. The molecule has 0 amide bonds. The van der Waals surface area contributed by atoms with Gasteiger partial charge in [0, 0.05) is 36.2 Å². The number of hydrogen-bond acceptors (Lipinski definition) is 12. The van der Waals surface area contributed by atoms with Crippen molar-refractivity contribution in [3.8, 4) is 21.1 Å². The Bertz CT molecular complexity index is 1900. The van der Waals surface area contributed by atoms with E-state index in [1.165, 1.54) is 42.1 Å². The second kappa shape index (κ2) is 20.5. The molecule has 0 aliphatic carbocycles. The molecule has 10 nitrogen and oxygen atoms in total. The van der Waals surface area contributed by atoms with Crippen LogP contribution in [-0.2, 0) is 41.4 Å². The Hall–Kier alpha value is -2.45. The van der Waals surface area contributed by atoms with Gasteiger partial charge in [0.25, 0.3) is 0 Å². The molecule has 16 heteroatoms. The summed E-state index contributed by atoms with van der Waals surface area (Å²) in [6.45, 7) is 17.7. The molecule has 288 valence electrons. The summed E-state index contributed by atoms with van der Waals surface area (Å²) >= 11 is 6.47. The smallest absolute Gasteiger partial charge is 0.357 e. The fourth-order valence-electron chi connectivity index (χ4n) is 4.46. The van der Waals surface area contributed by atoms with Gasteiger partial charge in [-0.05, 0) is 85.2 Å². The summed E-state index contributed by atoms with van der Waals surface area (Å²) in [5.74, 6) is -1.89. The number of nitrogens with zero attached hydrogens (tertiary/aromatic N) is 2. The maximum Gasteiger partial charge on any atom is 0.357 e. The summed E-state index contributed by atoms with van der Waals surface area (Å²) in [7, 11) is 5.74. The quantitative estimate of drug-likeness (QED) is 0.0692. The highest BCUT2D eigenvalue weighted by molar-refractivity contribution is 14.1. The molecule has 0 unspecified atom stereocenters. The minimum Gasteiger partial charge on any atom is -0.464 e. The van der Waals surface area contributed by atoms with E-state index < -0.39 is 43.2 Å². The monoisotopic (exact) mass is 1030 g/mol. The van der Waals surface area contributed by atoms with Gasteiger partial charge >= 0.3 is 23.9 Å². The van der Waals surface area contributed by atoms with Gasteiger partial charge in [0.1, 0.15) is 21.2 Å². The maximum atomic E-state index is 12.2. The minimum atomic E-state index is -1.47. The molecule has 2 aromatic heterocycles. The number of methoxy groups -OCH3 is 2. The molecule has 0 saturated heterocycles. The maximum absolute atomic E-state index is 12.2. The van der Waals surface area contributed by atoms with Crippen LogP contribution >= 0.6 is 75.6 Å². The van der Waals surface area contributed by atoms with Crippen LogP contribution in [-0.4, -0.2) is 67.3 Å². The number of halogens is 3. The second-order valence-corrected chi connectivity index (χ2v) is 22.9. The van der Waals surface area contributed by atoms with Crippen LogP contribution in [0.2, 0.25) is 19.6 Å². The summed E-state index contributed by atoms with van der Waals surface area (Å²) in [5, 5.41) is 2.69. The third-order valence-corrected chi connectivity index (χ3v) is 11.6. The topological polar surface area (TPSA) is 131 Å². The zero-order chi connectivity index (χ0) is 40.3. The number of aromatic nitrogens is 2. The van der Waals surface area contributed by atoms with E-state index in [1.54, 1.807) is 42.2 Å². The Balaban J connectivity index is 0.000000353. The number of ether oxygens (including phenoxy) is 4. The molecule has 0 N–H and O–H groups in total. The Morgan fingerprint density at radius 3 is 1.45 bits per heavy atom. The first kappa shape index (κ1) is 46.7. The van der Waals surface area contributed by atoms with Crippen molar-refractivity contribution >= 4 is 113 Å². The molecule has 0 spiro atoms. The van der Waals surface area contributed by atoms with E-state index in [0.29, 0.717) is 19.8 Å². The van der Waals surface area contributed by atoms with Gasteiger partial charge in [-0.2, -0.15) is 0 Å². The average Bonchev–Trinajstić information content (AvgIpc) is 3.68. The lowest BCUT2D eigenvalue weighted by molar-refractivity contribution is -0.155. The van der Waals surface area contributed by atoms with Gasteiger partial charge in [-0.15, -0.1) is 22.7 Å². The molecule has 2 aromatic carbocycles. The molecule has 2 heterocycles. The number of thiazole rings is 2. The fraction of sp³-hybridized carbons (Fsp3) is 0.405.